The van der Waals surface area contributed by atoms with E-state index in [4.69, 9.17) is 11.6 Å². The van der Waals surface area contributed by atoms with Crippen LogP contribution in [0.3, 0.4) is 0 Å². The van der Waals surface area contributed by atoms with Gasteiger partial charge in [0.2, 0.25) is 5.91 Å². The molecule has 0 spiro atoms. The van der Waals surface area contributed by atoms with Crippen LogP contribution in [0.1, 0.15) is 54.4 Å². The van der Waals surface area contributed by atoms with Crippen molar-refractivity contribution in [2.75, 3.05) is 31.5 Å². The Kier molecular flexibility index (Phi) is 7.82. The van der Waals surface area contributed by atoms with Crippen molar-refractivity contribution in [2.45, 2.75) is 45.1 Å². The molecule has 2 amide bonds. The standard InChI is InChI=1S/C26H32ClN3O2/c27-22-11-9-20(10-12-22)19-29-17-13-21(14-18-29)25(31)28-24-8-4-3-7-23(24)26(32)30-15-5-1-2-6-16-30/h3-4,7-12,21H,1-2,5-6,13-19H2,(H,28,31). The number of carbonyl (C=O) groups excluding carboxylic acids is 2. The zero-order valence-corrected chi connectivity index (χ0v) is 19.3. The van der Waals surface area contributed by atoms with Gasteiger partial charge >= 0.3 is 0 Å². The Bertz CT molecular complexity index is 915. The normalized spacial score (nSPS) is 18.2. The molecule has 0 saturated carbocycles. The molecule has 0 aromatic heterocycles. The van der Waals surface area contributed by atoms with E-state index in [1.54, 1.807) is 0 Å². The fourth-order valence-electron chi connectivity index (χ4n) is 4.66. The molecule has 170 valence electrons. The zero-order chi connectivity index (χ0) is 22.3. The predicted octanol–water partition coefficient (Wildman–Crippen LogP) is 5.21. The molecule has 2 saturated heterocycles. The number of hydrogen-bond donors (Lipinski definition) is 1. The molecule has 0 aliphatic carbocycles. The van der Waals surface area contributed by atoms with E-state index < -0.39 is 0 Å². The van der Waals surface area contributed by atoms with Gasteiger partial charge in [0.25, 0.3) is 5.91 Å². The minimum absolute atomic E-state index is 0.0206. The fraction of sp³-hybridized carbons (Fsp3) is 0.462. The summed E-state index contributed by atoms with van der Waals surface area (Å²) in [5, 5.41) is 3.82. The van der Waals surface area contributed by atoms with Crippen molar-refractivity contribution in [1.82, 2.24) is 9.80 Å². The monoisotopic (exact) mass is 453 g/mol. The first-order chi connectivity index (χ1) is 15.6. The molecule has 2 aliphatic rings. The van der Waals surface area contributed by atoms with E-state index in [0.29, 0.717) is 11.3 Å². The van der Waals surface area contributed by atoms with Crippen molar-refractivity contribution in [1.29, 1.82) is 0 Å². The summed E-state index contributed by atoms with van der Waals surface area (Å²) >= 11 is 5.98. The van der Waals surface area contributed by atoms with Gasteiger partial charge in [-0.1, -0.05) is 48.7 Å². The number of anilines is 1. The number of carbonyl (C=O) groups is 2. The molecule has 4 rings (SSSR count). The lowest BCUT2D eigenvalue weighted by molar-refractivity contribution is -0.121. The average Bonchev–Trinajstić information content (AvgIpc) is 3.11. The first kappa shape index (κ1) is 22.8. The minimum Gasteiger partial charge on any atom is -0.339 e. The molecule has 5 nitrogen and oxygen atoms in total. The summed E-state index contributed by atoms with van der Waals surface area (Å²) in [5.74, 6) is 0.0191. The Morgan fingerprint density at radius 2 is 1.53 bits per heavy atom. The number of hydrogen-bond acceptors (Lipinski definition) is 3. The topological polar surface area (TPSA) is 52.7 Å². The molecular formula is C26H32ClN3O2. The number of amides is 2. The number of rotatable bonds is 5. The van der Waals surface area contributed by atoms with Crippen LogP contribution in [0.25, 0.3) is 0 Å². The van der Waals surface area contributed by atoms with E-state index in [1.807, 2.05) is 41.3 Å². The molecule has 2 fully saturated rings. The predicted molar refractivity (Wildman–Crippen MR) is 129 cm³/mol. The molecule has 1 N–H and O–H groups in total. The Hall–Kier alpha value is -2.37. The van der Waals surface area contributed by atoms with Gasteiger partial charge in [0.1, 0.15) is 0 Å². The Balaban J connectivity index is 1.33. The molecular weight excluding hydrogens is 422 g/mol. The van der Waals surface area contributed by atoms with Crippen molar-refractivity contribution in [3.05, 3.63) is 64.7 Å². The number of para-hydroxylation sites is 1. The highest BCUT2D eigenvalue weighted by Gasteiger charge is 2.27. The lowest BCUT2D eigenvalue weighted by atomic mass is 9.95. The number of benzene rings is 2. The van der Waals surface area contributed by atoms with Crippen LogP contribution in [-0.4, -0.2) is 47.8 Å². The van der Waals surface area contributed by atoms with Gasteiger partial charge < -0.3 is 10.2 Å². The van der Waals surface area contributed by atoms with Gasteiger partial charge in [-0.15, -0.1) is 0 Å². The van der Waals surface area contributed by atoms with E-state index in [2.05, 4.69) is 22.3 Å². The van der Waals surface area contributed by atoms with Crippen LogP contribution in [0.4, 0.5) is 5.69 Å². The maximum Gasteiger partial charge on any atom is 0.255 e. The summed E-state index contributed by atoms with van der Waals surface area (Å²) in [4.78, 5) is 30.5. The number of nitrogens with one attached hydrogen (secondary N) is 1. The molecule has 2 aliphatic heterocycles. The van der Waals surface area contributed by atoms with Gasteiger partial charge in [0, 0.05) is 30.6 Å². The Morgan fingerprint density at radius 1 is 0.875 bits per heavy atom. The van der Waals surface area contributed by atoms with Crippen molar-refractivity contribution in [3.8, 4) is 0 Å². The van der Waals surface area contributed by atoms with E-state index >= 15 is 0 Å². The molecule has 2 heterocycles. The third-order valence-corrected chi connectivity index (χ3v) is 6.84. The summed E-state index contributed by atoms with van der Waals surface area (Å²) in [6.07, 6.45) is 6.10. The van der Waals surface area contributed by atoms with E-state index in [1.165, 1.54) is 18.4 Å². The van der Waals surface area contributed by atoms with Gasteiger partial charge in [0.05, 0.1) is 11.3 Å². The smallest absolute Gasteiger partial charge is 0.255 e. The molecule has 6 heteroatoms. The second-order valence-corrected chi connectivity index (χ2v) is 9.35. The molecule has 0 bridgehead atoms. The summed E-state index contributed by atoms with van der Waals surface area (Å²) in [6, 6.07) is 15.4. The maximum atomic E-state index is 13.1. The average molecular weight is 454 g/mol. The number of nitrogens with zero attached hydrogens (tertiary/aromatic N) is 2. The number of piperidine rings is 1. The summed E-state index contributed by atoms with van der Waals surface area (Å²) in [5.41, 5.74) is 2.47. The summed E-state index contributed by atoms with van der Waals surface area (Å²) in [7, 11) is 0. The Labute approximate surface area is 195 Å². The Morgan fingerprint density at radius 3 is 2.22 bits per heavy atom. The third kappa shape index (κ3) is 5.90. The van der Waals surface area contributed by atoms with Gasteiger partial charge in [-0.05, 0) is 68.6 Å². The highest BCUT2D eigenvalue weighted by atomic mass is 35.5. The van der Waals surface area contributed by atoms with Crippen LogP contribution < -0.4 is 5.32 Å². The molecule has 2 aromatic carbocycles. The first-order valence-electron chi connectivity index (χ1n) is 11.8. The highest BCUT2D eigenvalue weighted by molar-refractivity contribution is 6.30. The minimum atomic E-state index is -0.0298. The van der Waals surface area contributed by atoms with Crippen molar-refractivity contribution in [3.63, 3.8) is 0 Å². The van der Waals surface area contributed by atoms with Crippen molar-refractivity contribution in [2.24, 2.45) is 5.92 Å². The summed E-state index contributed by atoms with van der Waals surface area (Å²) < 4.78 is 0. The lowest BCUT2D eigenvalue weighted by Crippen LogP contribution is -2.38. The summed E-state index contributed by atoms with van der Waals surface area (Å²) in [6.45, 7) is 4.24. The largest absolute Gasteiger partial charge is 0.339 e. The molecule has 32 heavy (non-hydrogen) atoms. The van der Waals surface area contributed by atoms with Crippen LogP contribution in [0.15, 0.2) is 48.5 Å². The first-order valence-corrected chi connectivity index (χ1v) is 12.1. The van der Waals surface area contributed by atoms with Crippen LogP contribution in [0, 0.1) is 5.92 Å². The molecule has 2 aromatic rings. The third-order valence-electron chi connectivity index (χ3n) is 6.59. The second-order valence-electron chi connectivity index (χ2n) is 8.92. The van der Waals surface area contributed by atoms with Gasteiger partial charge in [0.15, 0.2) is 0 Å². The van der Waals surface area contributed by atoms with Gasteiger partial charge in [-0.2, -0.15) is 0 Å². The highest BCUT2D eigenvalue weighted by Crippen LogP contribution is 2.24. The van der Waals surface area contributed by atoms with E-state index in [9.17, 15) is 9.59 Å². The van der Waals surface area contributed by atoms with Crippen molar-refractivity contribution >= 4 is 29.1 Å². The maximum absolute atomic E-state index is 13.1. The lowest BCUT2D eigenvalue weighted by Gasteiger charge is -2.31. The number of likely N-dealkylation sites (tertiary alicyclic amines) is 2. The zero-order valence-electron chi connectivity index (χ0n) is 18.6. The molecule has 0 unspecified atom stereocenters. The van der Waals surface area contributed by atoms with Crippen LogP contribution >= 0.6 is 11.6 Å². The number of halogens is 1. The quantitative estimate of drug-likeness (QED) is 0.676. The van der Waals surface area contributed by atoms with Crippen molar-refractivity contribution < 1.29 is 9.59 Å². The van der Waals surface area contributed by atoms with E-state index in [-0.39, 0.29) is 17.7 Å². The van der Waals surface area contributed by atoms with Gasteiger partial charge in [-0.3, -0.25) is 14.5 Å². The van der Waals surface area contributed by atoms with Crippen LogP contribution in [-0.2, 0) is 11.3 Å². The molecule has 0 atom stereocenters. The van der Waals surface area contributed by atoms with Gasteiger partial charge in [-0.25, -0.2) is 0 Å². The van der Waals surface area contributed by atoms with Crippen LogP contribution in [0.2, 0.25) is 5.02 Å². The van der Waals surface area contributed by atoms with E-state index in [0.717, 1.165) is 63.4 Å². The van der Waals surface area contributed by atoms with Crippen LogP contribution in [0.5, 0.6) is 0 Å². The fourth-order valence-corrected chi connectivity index (χ4v) is 4.78. The molecule has 0 radical (unpaired) electrons. The second kappa shape index (κ2) is 11.0. The SMILES string of the molecule is O=C(Nc1ccccc1C(=O)N1CCCCCC1)C1CCN(Cc2ccc(Cl)cc2)CC1.